The maximum atomic E-state index is 11.9. The summed E-state index contributed by atoms with van der Waals surface area (Å²) in [5.41, 5.74) is 2.22. The molecule has 1 aromatic carbocycles. The van der Waals surface area contributed by atoms with Crippen LogP contribution in [0.3, 0.4) is 0 Å². The summed E-state index contributed by atoms with van der Waals surface area (Å²) in [6.07, 6.45) is 2.72. The average Bonchev–Trinajstić information content (AvgIpc) is 2.95. The average molecular weight is 313 g/mol. The van der Waals surface area contributed by atoms with Crippen LogP contribution in [0.2, 0.25) is 5.02 Å². The van der Waals surface area contributed by atoms with Crippen LogP contribution in [0.25, 0.3) is 27.8 Å². The van der Waals surface area contributed by atoms with Crippen LogP contribution < -0.4 is 5.56 Å². The third-order valence-corrected chi connectivity index (χ3v) is 3.69. The lowest BCUT2D eigenvalue weighted by atomic mass is 10.1. The van der Waals surface area contributed by atoms with Crippen molar-refractivity contribution in [2.75, 3.05) is 0 Å². The van der Waals surface area contributed by atoms with E-state index >= 15 is 0 Å². The van der Waals surface area contributed by atoms with Gasteiger partial charge < -0.3 is 5.21 Å². The third-order valence-electron chi connectivity index (χ3n) is 3.45. The van der Waals surface area contributed by atoms with Crippen LogP contribution in [0, 0.1) is 0 Å². The lowest BCUT2D eigenvalue weighted by Gasteiger charge is -2.01. The van der Waals surface area contributed by atoms with Crippen LogP contribution in [0.4, 0.5) is 0 Å². The van der Waals surface area contributed by atoms with Crippen LogP contribution in [0.5, 0.6) is 0 Å². The topological polar surface area (TPSA) is 72.4 Å². The Hall–Kier alpha value is -2.86. The second-order valence-corrected chi connectivity index (χ2v) is 5.27. The predicted molar refractivity (Wildman–Crippen MR) is 82.4 cm³/mol. The highest BCUT2D eigenvalue weighted by Crippen LogP contribution is 2.23. The van der Waals surface area contributed by atoms with Crippen molar-refractivity contribution in [1.82, 2.24) is 19.3 Å². The molecule has 4 aromatic rings. The Labute approximate surface area is 128 Å². The summed E-state index contributed by atoms with van der Waals surface area (Å²) in [7, 11) is 0. The first kappa shape index (κ1) is 12.8. The fourth-order valence-electron chi connectivity index (χ4n) is 2.40. The molecule has 0 unspecified atom stereocenters. The SMILES string of the molecule is O=c1c2cnc3cc(-c4cccc(Cl)c4)nn3c2ccn1O. The molecule has 4 rings (SSSR count). The molecule has 0 aliphatic heterocycles. The third kappa shape index (κ3) is 1.85. The molecule has 108 valence electrons. The monoisotopic (exact) mass is 312 g/mol. The Balaban J connectivity index is 2.04. The lowest BCUT2D eigenvalue weighted by molar-refractivity contribution is 0.176. The van der Waals surface area contributed by atoms with Crippen molar-refractivity contribution < 1.29 is 5.21 Å². The number of fused-ring (bicyclic) bond motifs is 3. The van der Waals surface area contributed by atoms with Crippen molar-refractivity contribution in [3.05, 3.63) is 64.2 Å². The van der Waals surface area contributed by atoms with Crippen molar-refractivity contribution in [2.45, 2.75) is 0 Å². The Morgan fingerprint density at radius 1 is 1.18 bits per heavy atom. The van der Waals surface area contributed by atoms with Crippen LogP contribution in [-0.4, -0.2) is 24.5 Å². The quantitative estimate of drug-likeness (QED) is 0.548. The molecule has 0 aliphatic rings. The largest absolute Gasteiger partial charge is 0.425 e. The van der Waals surface area contributed by atoms with E-state index in [-0.39, 0.29) is 0 Å². The van der Waals surface area contributed by atoms with Gasteiger partial charge in [-0.1, -0.05) is 23.7 Å². The van der Waals surface area contributed by atoms with Crippen LogP contribution in [0.1, 0.15) is 0 Å². The number of hydrogen-bond donors (Lipinski definition) is 1. The first-order valence-corrected chi connectivity index (χ1v) is 6.86. The van der Waals surface area contributed by atoms with Gasteiger partial charge in [-0.25, -0.2) is 9.50 Å². The zero-order valence-electron chi connectivity index (χ0n) is 11.1. The second-order valence-electron chi connectivity index (χ2n) is 4.83. The first-order valence-electron chi connectivity index (χ1n) is 6.49. The molecular formula is C15H9ClN4O2. The molecule has 3 aromatic heterocycles. The van der Waals surface area contributed by atoms with Gasteiger partial charge in [0.1, 0.15) is 0 Å². The molecule has 3 heterocycles. The van der Waals surface area contributed by atoms with E-state index in [1.54, 1.807) is 16.6 Å². The minimum absolute atomic E-state index is 0.290. The molecule has 0 amide bonds. The van der Waals surface area contributed by atoms with E-state index in [1.807, 2.05) is 24.3 Å². The summed E-state index contributed by atoms with van der Waals surface area (Å²) >= 11 is 6.00. The van der Waals surface area contributed by atoms with Gasteiger partial charge in [0.05, 0.1) is 16.6 Å². The van der Waals surface area contributed by atoms with E-state index in [9.17, 15) is 10.0 Å². The fourth-order valence-corrected chi connectivity index (χ4v) is 2.59. The minimum atomic E-state index is -0.535. The molecule has 0 bridgehead atoms. The molecular weight excluding hydrogens is 304 g/mol. The summed E-state index contributed by atoms with van der Waals surface area (Å²) in [5, 5.41) is 14.8. The molecule has 0 saturated heterocycles. The van der Waals surface area contributed by atoms with Crippen molar-refractivity contribution >= 4 is 28.2 Å². The van der Waals surface area contributed by atoms with Gasteiger partial charge in [0.2, 0.25) is 0 Å². The fraction of sp³-hybridized carbons (Fsp3) is 0. The molecule has 0 fully saturated rings. The number of halogens is 1. The molecule has 0 aliphatic carbocycles. The number of hydrogen-bond acceptors (Lipinski definition) is 4. The number of rotatable bonds is 1. The molecule has 0 saturated carbocycles. The van der Waals surface area contributed by atoms with Crippen molar-refractivity contribution in [3.8, 4) is 11.3 Å². The van der Waals surface area contributed by atoms with E-state index < -0.39 is 5.56 Å². The zero-order chi connectivity index (χ0) is 15.3. The highest BCUT2D eigenvalue weighted by atomic mass is 35.5. The first-order chi connectivity index (χ1) is 10.6. The second kappa shape index (κ2) is 4.57. The van der Waals surface area contributed by atoms with Gasteiger partial charge in [-0.3, -0.25) is 4.79 Å². The molecule has 0 atom stereocenters. The van der Waals surface area contributed by atoms with Gasteiger partial charge in [-0.2, -0.15) is 9.83 Å². The maximum Gasteiger partial charge on any atom is 0.293 e. The van der Waals surface area contributed by atoms with Crippen molar-refractivity contribution in [2.24, 2.45) is 0 Å². The van der Waals surface area contributed by atoms with E-state index in [4.69, 9.17) is 11.6 Å². The summed E-state index contributed by atoms with van der Waals surface area (Å²) in [6, 6.07) is 10.8. The molecule has 7 heteroatoms. The van der Waals surface area contributed by atoms with Gasteiger partial charge >= 0.3 is 0 Å². The Morgan fingerprint density at radius 2 is 2.05 bits per heavy atom. The Kier molecular flexibility index (Phi) is 2.67. The van der Waals surface area contributed by atoms with Gasteiger partial charge in [0, 0.05) is 29.0 Å². The summed E-state index contributed by atoms with van der Waals surface area (Å²) in [4.78, 5) is 16.1. The zero-order valence-corrected chi connectivity index (χ0v) is 11.9. The smallest absolute Gasteiger partial charge is 0.293 e. The molecule has 0 spiro atoms. The Morgan fingerprint density at radius 3 is 2.86 bits per heavy atom. The normalized spacial score (nSPS) is 11.3. The number of pyridine rings is 1. The van der Waals surface area contributed by atoms with E-state index in [1.165, 1.54) is 12.4 Å². The standard InChI is InChI=1S/C15H9ClN4O2/c16-10-3-1-2-9(6-10)12-7-14-17-8-11-13(20(14)18-12)4-5-19(22)15(11)21/h1-8,22H. The van der Waals surface area contributed by atoms with Crippen LogP contribution in [0.15, 0.2) is 53.6 Å². The summed E-state index contributed by atoms with van der Waals surface area (Å²) in [6.45, 7) is 0. The van der Waals surface area contributed by atoms with Crippen molar-refractivity contribution in [1.29, 1.82) is 0 Å². The number of benzene rings is 1. The van der Waals surface area contributed by atoms with E-state index in [2.05, 4.69) is 10.1 Å². The number of nitrogens with zero attached hydrogens (tertiary/aromatic N) is 4. The summed E-state index contributed by atoms with van der Waals surface area (Å²) in [5.74, 6) is 0. The maximum absolute atomic E-state index is 11.9. The summed E-state index contributed by atoms with van der Waals surface area (Å²) < 4.78 is 2.10. The highest BCUT2D eigenvalue weighted by Gasteiger charge is 2.11. The van der Waals surface area contributed by atoms with E-state index in [0.29, 0.717) is 32.0 Å². The molecule has 1 N–H and O–H groups in total. The van der Waals surface area contributed by atoms with Gasteiger partial charge in [0.25, 0.3) is 5.56 Å². The number of aromatic nitrogens is 4. The molecule has 0 radical (unpaired) electrons. The Bertz CT molecular complexity index is 1080. The van der Waals surface area contributed by atoms with E-state index in [0.717, 1.165) is 5.56 Å². The molecule has 22 heavy (non-hydrogen) atoms. The van der Waals surface area contributed by atoms with Crippen LogP contribution in [-0.2, 0) is 0 Å². The van der Waals surface area contributed by atoms with Gasteiger partial charge in [-0.05, 0) is 18.2 Å². The van der Waals surface area contributed by atoms with Gasteiger partial charge in [-0.15, -0.1) is 0 Å². The van der Waals surface area contributed by atoms with Gasteiger partial charge in [0.15, 0.2) is 5.65 Å². The predicted octanol–water partition coefficient (Wildman–Crippen LogP) is 2.60. The van der Waals surface area contributed by atoms with Crippen molar-refractivity contribution in [3.63, 3.8) is 0 Å². The molecule has 6 nitrogen and oxygen atoms in total. The minimum Gasteiger partial charge on any atom is -0.425 e. The highest BCUT2D eigenvalue weighted by molar-refractivity contribution is 6.30. The lowest BCUT2D eigenvalue weighted by Crippen LogP contribution is -2.17. The van der Waals surface area contributed by atoms with Crippen LogP contribution >= 0.6 is 11.6 Å².